The molecular weight excluding hydrogens is 212 g/mol. The Morgan fingerprint density at radius 3 is 2.88 bits per heavy atom. The van der Waals surface area contributed by atoms with E-state index in [1.54, 1.807) is 0 Å². The maximum atomic E-state index is 2.31. The normalized spacial score (nSPS) is 19.4. The van der Waals surface area contributed by atoms with Crippen LogP contribution in [0.3, 0.4) is 0 Å². The van der Waals surface area contributed by atoms with Gasteiger partial charge in [0.15, 0.2) is 0 Å². The van der Waals surface area contributed by atoms with Crippen molar-refractivity contribution in [3.8, 4) is 0 Å². The fourth-order valence-electron chi connectivity index (χ4n) is 2.55. The largest absolute Gasteiger partial charge is 0.0901 e. The first-order valence-corrected chi connectivity index (χ1v) is 6.32. The highest BCUT2D eigenvalue weighted by Gasteiger charge is 2.21. The molecule has 0 fully saturated rings. The van der Waals surface area contributed by atoms with Gasteiger partial charge >= 0.3 is 0 Å². The fourth-order valence-corrected chi connectivity index (χ4v) is 3.48. The summed E-state index contributed by atoms with van der Waals surface area (Å²) in [6.45, 7) is 0. The molecule has 2 aromatic carbocycles. The Bertz CT molecular complexity index is 611. The fraction of sp³-hybridized carbons (Fsp3) is 0.0667. The van der Waals surface area contributed by atoms with Crippen LogP contribution in [0.5, 0.6) is 0 Å². The molecule has 0 amide bonds. The summed E-state index contributed by atoms with van der Waals surface area (Å²) < 4.78 is 0. The van der Waals surface area contributed by atoms with Gasteiger partial charge in [-0.25, -0.2) is 0 Å². The van der Waals surface area contributed by atoms with Crippen LogP contribution in [0, 0.1) is 0 Å². The molecule has 2 heterocycles. The molecule has 2 aromatic rings. The average Bonchev–Trinajstić information content (AvgIpc) is 2.73. The van der Waals surface area contributed by atoms with Gasteiger partial charge in [-0.3, -0.25) is 0 Å². The molecule has 5 rings (SSSR count). The predicted octanol–water partition coefficient (Wildman–Crippen LogP) is 4.31. The van der Waals surface area contributed by atoms with Crippen LogP contribution < -0.4 is 0 Å². The van der Waals surface area contributed by atoms with Crippen LogP contribution in [-0.2, 0) is 0 Å². The molecule has 76 valence electrons. The minimum atomic E-state index is 0.461. The lowest BCUT2D eigenvalue weighted by Crippen LogP contribution is -1.94. The van der Waals surface area contributed by atoms with E-state index in [-0.39, 0.29) is 0 Å². The van der Waals surface area contributed by atoms with Crippen molar-refractivity contribution in [3.05, 3.63) is 65.2 Å². The minimum Gasteiger partial charge on any atom is -0.0901 e. The van der Waals surface area contributed by atoms with E-state index < -0.39 is 0 Å². The van der Waals surface area contributed by atoms with Gasteiger partial charge in [0, 0.05) is 15.7 Å². The van der Waals surface area contributed by atoms with Gasteiger partial charge in [-0.1, -0.05) is 42.1 Å². The van der Waals surface area contributed by atoms with E-state index in [0.717, 1.165) is 0 Å². The van der Waals surface area contributed by atoms with E-state index >= 15 is 0 Å². The molecule has 0 nitrogen and oxygen atoms in total. The van der Waals surface area contributed by atoms with Crippen molar-refractivity contribution in [3.63, 3.8) is 0 Å². The summed E-state index contributed by atoms with van der Waals surface area (Å²) in [4.78, 5) is 2.68. The molecule has 0 N–H and O–H groups in total. The first-order chi connectivity index (χ1) is 7.90. The van der Waals surface area contributed by atoms with Crippen LogP contribution in [-0.4, -0.2) is 0 Å². The Morgan fingerprint density at radius 2 is 1.88 bits per heavy atom. The van der Waals surface area contributed by atoms with E-state index in [1.807, 2.05) is 11.8 Å². The molecule has 1 aliphatic carbocycles. The molecule has 0 saturated heterocycles. The van der Waals surface area contributed by atoms with Crippen LogP contribution in [0.25, 0.3) is 6.08 Å². The van der Waals surface area contributed by atoms with Crippen LogP contribution >= 0.6 is 11.8 Å². The summed E-state index contributed by atoms with van der Waals surface area (Å²) >= 11 is 1.85. The maximum Gasteiger partial charge on any atom is 0.0279 e. The molecule has 1 unspecified atom stereocenters. The quantitative estimate of drug-likeness (QED) is 0.640. The number of fused-ring (bicyclic) bond motifs is 1. The highest BCUT2D eigenvalue weighted by molar-refractivity contribution is 7.99. The second kappa shape index (κ2) is 3.02. The van der Waals surface area contributed by atoms with E-state index in [1.165, 1.54) is 26.5 Å². The van der Waals surface area contributed by atoms with Gasteiger partial charge in [-0.2, -0.15) is 0 Å². The summed E-state index contributed by atoms with van der Waals surface area (Å²) in [6.07, 6.45) is 4.56. The molecule has 3 aliphatic rings. The Hall–Kier alpha value is -1.47. The molecular formula is C15H10S. The zero-order chi connectivity index (χ0) is 10.5. The molecule has 1 heteroatoms. The third-order valence-electron chi connectivity index (χ3n) is 3.31. The van der Waals surface area contributed by atoms with E-state index in [9.17, 15) is 0 Å². The zero-order valence-corrected chi connectivity index (χ0v) is 9.50. The third-order valence-corrected chi connectivity index (χ3v) is 4.29. The van der Waals surface area contributed by atoms with Gasteiger partial charge in [0.25, 0.3) is 0 Å². The second-order valence-corrected chi connectivity index (χ2v) is 5.45. The van der Waals surface area contributed by atoms with Crippen molar-refractivity contribution in [1.82, 2.24) is 0 Å². The highest BCUT2D eigenvalue weighted by Crippen LogP contribution is 2.41. The molecule has 0 radical (unpaired) electrons. The lowest BCUT2D eigenvalue weighted by molar-refractivity contribution is 1.04. The Kier molecular flexibility index (Phi) is 1.63. The van der Waals surface area contributed by atoms with Crippen molar-refractivity contribution in [2.24, 2.45) is 0 Å². The highest BCUT2D eigenvalue weighted by atomic mass is 32.2. The minimum absolute atomic E-state index is 0.461. The zero-order valence-electron chi connectivity index (χ0n) is 8.68. The average molecular weight is 222 g/mol. The van der Waals surface area contributed by atoms with Crippen molar-refractivity contribution < 1.29 is 0 Å². The number of hydrogen-bond acceptors (Lipinski definition) is 1. The topological polar surface area (TPSA) is 0 Å². The number of rotatable bonds is 0. The summed E-state index contributed by atoms with van der Waals surface area (Å²) in [6, 6.07) is 15.7. The van der Waals surface area contributed by atoms with Crippen LogP contribution in [0.2, 0.25) is 0 Å². The van der Waals surface area contributed by atoms with Gasteiger partial charge < -0.3 is 0 Å². The van der Waals surface area contributed by atoms with Gasteiger partial charge in [0.05, 0.1) is 0 Å². The number of allylic oxidation sites excluding steroid dienone is 1. The molecule has 2 aliphatic heterocycles. The number of hydrogen-bond donors (Lipinski definition) is 0. The third kappa shape index (κ3) is 1.12. The van der Waals surface area contributed by atoms with Crippen molar-refractivity contribution in [2.75, 3.05) is 0 Å². The standard InChI is InChI=1S/C15H10S/c1-2-10-8-12(3-1)16-13-5-7-15-11(9-13)4-6-14(10)15/h1-9,14H. The van der Waals surface area contributed by atoms with Gasteiger partial charge in [-0.15, -0.1) is 0 Å². The van der Waals surface area contributed by atoms with Gasteiger partial charge in [0.1, 0.15) is 0 Å². The summed E-state index contributed by atoms with van der Waals surface area (Å²) in [5.74, 6) is 0.461. The molecule has 1 atom stereocenters. The smallest absolute Gasteiger partial charge is 0.0279 e. The summed E-state index contributed by atoms with van der Waals surface area (Å²) in [7, 11) is 0. The Labute approximate surface area is 99.0 Å². The maximum absolute atomic E-state index is 2.31. The first kappa shape index (κ1) is 8.66. The van der Waals surface area contributed by atoms with Crippen LogP contribution in [0.15, 0.2) is 58.3 Å². The van der Waals surface area contributed by atoms with Crippen LogP contribution in [0.1, 0.15) is 22.6 Å². The lowest BCUT2D eigenvalue weighted by atomic mass is 9.93. The van der Waals surface area contributed by atoms with E-state index in [2.05, 4.69) is 54.6 Å². The molecule has 6 bridgehead atoms. The van der Waals surface area contributed by atoms with Crippen molar-refractivity contribution in [2.45, 2.75) is 15.7 Å². The van der Waals surface area contributed by atoms with E-state index in [0.29, 0.717) is 5.92 Å². The first-order valence-electron chi connectivity index (χ1n) is 5.50. The molecule has 0 spiro atoms. The van der Waals surface area contributed by atoms with E-state index in [4.69, 9.17) is 0 Å². The monoisotopic (exact) mass is 222 g/mol. The van der Waals surface area contributed by atoms with Gasteiger partial charge in [-0.05, 0) is 41.0 Å². The summed E-state index contributed by atoms with van der Waals surface area (Å²) in [5.41, 5.74) is 4.24. The number of benzene rings is 2. The summed E-state index contributed by atoms with van der Waals surface area (Å²) in [5, 5.41) is 0. The van der Waals surface area contributed by atoms with Crippen LogP contribution in [0.4, 0.5) is 0 Å². The predicted molar refractivity (Wildman–Crippen MR) is 67.9 cm³/mol. The molecule has 0 saturated carbocycles. The SMILES string of the molecule is C1=CC2c3cccc(c3)Sc3ccc2c1c3. The Balaban J connectivity index is 2.09. The van der Waals surface area contributed by atoms with Crippen molar-refractivity contribution >= 4 is 17.8 Å². The van der Waals surface area contributed by atoms with Crippen molar-refractivity contribution in [1.29, 1.82) is 0 Å². The Morgan fingerprint density at radius 1 is 0.938 bits per heavy atom. The lowest BCUT2D eigenvalue weighted by Gasteiger charge is -2.10. The second-order valence-electron chi connectivity index (χ2n) is 4.30. The molecule has 16 heavy (non-hydrogen) atoms. The van der Waals surface area contributed by atoms with Gasteiger partial charge in [0.2, 0.25) is 0 Å². The molecule has 0 aromatic heterocycles.